The summed E-state index contributed by atoms with van der Waals surface area (Å²) in [7, 11) is -2.02. The van der Waals surface area contributed by atoms with E-state index in [9.17, 15) is 18.0 Å². The SMILES string of the molecule is COc1ccc(NC(=O)C(=O)NCc2ccc(Cl)cc2)cc1N1CCCCS1(=O)=O. The molecule has 3 rings (SSSR count). The highest BCUT2D eigenvalue weighted by molar-refractivity contribution is 7.92. The highest BCUT2D eigenvalue weighted by Crippen LogP contribution is 2.35. The van der Waals surface area contributed by atoms with E-state index in [4.69, 9.17) is 16.3 Å². The highest BCUT2D eigenvalue weighted by atomic mass is 35.5. The van der Waals surface area contributed by atoms with Crippen LogP contribution in [0, 0.1) is 0 Å². The van der Waals surface area contributed by atoms with Crippen LogP contribution in [0.15, 0.2) is 42.5 Å². The van der Waals surface area contributed by atoms with Crippen molar-refractivity contribution in [1.29, 1.82) is 0 Å². The first-order valence-electron chi connectivity index (χ1n) is 9.32. The largest absolute Gasteiger partial charge is 0.495 e. The van der Waals surface area contributed by atoms with Gasteiger partial charge in [-0.15, -0.1) is 0 Å². The number of amides is 2. The molecule has 0 radical (unpaired) electrons. The quantitative estimate of drug-likeness (QED) is 0.679. The number of nitrogens with zero attached hydrogens (tertiary/aromatic N) is 1. The standard InChI is InChI=1S/C20H22ClN3O5S/c1-29-18-9-8-16(12-17(18)24-10-2-3-11-30(24,27)28)23-20(26)19(25)22-13-14-4-6-15(21)7-5-14/h4-9,12H,2-3,10-11,13H2,1H3,(H,22,25)(H,23,26). The van der Waals surface area contributed by atoms with Gasteiger partial charge in [-0.2, -0.15) is 0 Å². The van der Waals surface area contributed by atoms with Crippen LogP contribution in [0.1, 0.15) is 18.4 Å². The minimum absolute atomic E-state index is 0.0554. The number of benzene rings is 2. The number of hydrogen-bond acceptors (Lipinski definition) is 5. The van der Waals surface area contributed by atoms with E-state index in [-0.39, 0.29) is 12.3 Å². The number of carbonyl (C=O) groups is 2. The lowest BCUT2D eigenvalue weighted by Gasteiger charge is -2.29. The molecule has 1 saturated heterocycles. The van der Waals surface area contributed by atoms with Crippen LogP contribution < -0.4 is 19.7 Å². The van der Waals surface area contributed by atoms with Gasteiger partial charge in [-0.1, -0.05) is 23.7 Å². The van der Waals surface area contributed by atoms with Crippen LogP contribution in [0.25, 0.3) is 0 Å². The van der Waals surface area contributed by atoms with E-state index in [1.807, 2.05) is 0 Å². The maximum Gasteiger partial charge on any atom is 0.313 e. The van der Waals surface area contributed by atoms with Gasteiger partial charge in [-0.3, -0.25) is 13.9 Å². The van der Waals surface area contributed by atoms with Crippen LogP contribution in [0.2, 0.25) is 5.02 Å². The van der Waals surface area contributed by atoms with Gasteiger partial charge in [0.25, 0.3) is 0 Å². The van der Waals surface area contributed by atoms with Crippen molar-refractivity contribution in [3.63, 3.8) is 0 Å². The Bertz CT molecular complexity index is 1040. The Morgan fingerprint density at radius 3 is 2.50 bits per heavy atom. The molecule has 0 atom stereocenters. The van der Waals surface area contributed by atoms with E-state index < -0.39 is 21.8 Å². The minimum atomic E-state index is -3.46. The summed E-state index contributed by atoms with van der Waals surface area (Å²) >= 11 is 5.82. The second kappa shape index (κ2) is 9.36. The lowest BCUT2D eigenvalue weighted by Crippen LogP contribution is -2.38. The number of methoxy groups -OCH3 is 1. The molecule has 1 aliphatic heterocycles. The Morgan fingerprint density at radius 2 is 1.83 bits per heavy atom. The fourth-order valence-electron chi connectivity index (χ4n) is 3.07. The third kappa shape index (κ3) is 5.22. The summed E-state index contributed by atoms with van der Waals surface area (Å²) in [6.07, 6.45) is 1.33. The summed E-state index contributed by atoms with van der Waals surface area (Å²) in [6.45, 7) is 0.501. The number of sulfonamides is 1. The van der Waals surface area contributed by atoms with E-state index in [1.165, 1.54) is 17.5 Å². The number of halogens is 1. The topological polar surface area (TPSA) is 105 Å². The minimum Gasteiger partial charge on any atom is -0.495 e. The molecule has 160 valence electrons. The first-order chi connectivity index (χ1) is 14.3. The summed E-state index contributed by atoms with van der Waals surface area (Å²) in [5, 5.41) is 5.60. The van der Waals surface area contributed by atoms with E-state index in [0.29, 0.717) is 35.1 Å². The summed E-state index contributed by atoms with van der Waals surface area (Å²) in [6, 6.07) is 11.5. The molecule has 10 heteroatoms. The van der Waals surface area contributed by atoms with Crippen LogP contribution in [-0.2, 0) is 26.2 Å². The number of anilines is 2. The molecule has 8 nitrogen and oxygen atoms in total. The predicted octanol–water partition coefficient (Wildman–Crippen LogP) is 2.53. The molecule has 0 unspecified atom stereocenters. The van der Waals surface area contributed by atoms with Crippen molar-refractivity contribution >= 4 is 44.8 Å². The Balaban J connectivity index is 1.70. The van der Waals surface area contributed by atoms with Gasteiger partial charge in [-0.25, -0.2) is 8.42 Å². The average Bonchev–Trinajstić information content (AvgIpc) is 2.72. The first-order valence-corrected chi connectivity index (χ1v) is 11.3. The van der Waals surface area contributed by atoms with E-state index in [2.05, 4.69) is 10.6 Å². The molecule has 2 amide bonds. The maximum absolute atomic E-state index is 12.4. The van der Waals surface area contributed by atoms with E-state index in [0.717, 1.165) is 12.0 Å². The van der Waals surface area contributed by atoms with Gasteiger partial charge in [0.2, 0.25) is 10.0 Å². The Morgan fingerprint density at radius 1 is 1.10 bits per heavy atom. The summed E-state index contributed by atoms with van der Waals surface area (Å²) in [5.41, 5.74) is 1.41. The van der Waals surface area contributed by atoms with E-state index >= 15 is 0 Å². The Labute approximate surface area is 180 Å². The number of carbonyl (C=O) groups excluding carboxylic acids is 2. The van der Waals surface area contributed by atoms with Gasteiger partial charge < -0.3 is 15.4 Å². The molecule has 2 aromatic carbocycles. The Hall–Kier alpha value is -2.78. The molecule has 1 aliphatic rings. The monoisotopic (exact) mass is 451 g/mol. The maximum atomic E-state index is 12.4. The normalized spacial score (nSPS) is 15.3. The molecule has 30 heavy (non-hydrogen) atoms. The van der Waals surface area contributed by atoms with Crippen LogP contribution in [0.3, 0.4) is 0 Å². The van der Waals surface area contributed by atoms with Crippen molar-refractivity contribution in [1.82, 2.24) is 5.32 Å². The molecule has 0 bridgehead atoms. The van der Waals surface area contributed by atoms with Crippen molar-refractivity contribution in [2.24, 2.45) is 0 Å². The number of ether oxygens (including phenoxy) is 1. The fraction of sp³-hybridized carbons (Fsp3) is 0.300. The molecule has 2 aromatic rings. The van der Waals surface area contributed by atoms with E-state index in [1.54, 1.807) is 36.4 Å². The molecule has 0 aliphatic carbocycles. The predicted molar refractivity (Wildman–Crippen MR) is 115 cm³/mol. The van der Waals surface area contributed by atoms with Crippen LogP contribution >= 0.6 is 11.6 Å². The van der Waals surface area contributed by atoms with Gasteiger partial charge in [-0.05, 0) is 48.7 Å². The van der Waals surface area contributed by atoms with Crippen LogP contribution in [-0.4, -0.2) is 39.6 Å². The average molecular weight is 452 g/mol. The lowest BCUT2D eigenvalue weighted by atomic mass is 10.2. The number of hydrogen-bond donors (Lipinski definition) is 2. The molecular weight excluding hydrogens is 430 g/mol. The van der Waals surface area contributed by atoms with Crippen molar-refractivity contribution in [2.75, 3.05) is 29.0 Å². The fourth-order valence-corrected chi connectivity index (χ4v) is 4.84. The zero-order valence-corrected chi connectivity index (χ0v) is 17.9. The number of nitrogens with one attached hydrogen (secondary N) is 2. The molecule has 2 N–H and O–H groups in total. The zero-order valence-electron chi connectivity index (χ0n) is 16.4. The van der Waals surface area contributed by atoms with Crippen molar-refractivity contribution in [3.05, 3.63) is 53.1 Å². The smallest absolute Gasteiger partial charge is 0.313 e. The first kappa shape index (κ1) is 21.9. The third-order valence-electron chi connectivity index (χ3n) is 4.63. The Kier molecular flexibility index (Phi) is 6.84. The highest BCUT2D eigenvalue weighted by Gasteiger charge is 2.28. The van der Waals surface area contributed by atoms with Gasteiger partial charge >= 0.3 is 11.8 Å². The van der Waals surface area contributed by atoms with Crippen molar-refractivity contribution in [2.45, 2.75) is 19.4 Å². The molecular formula is C20H22ClN3O5S. The van der Waals surface area contributed by atoms with Crippen molar-refractivity contribution in [3.8, 4) is 5.75 Å². The van der Waals surface area contributed by atoms with Gasteiger partial charge in [0.05, 0.1) is 18.6 Å². The second-order valence-electron chi connectivity index (χ2n) is 6.75. The lowest BCUT2D eigenvalue weighted by molar-refractivity contribution is -0.136. The summed E-state index contributed by atoms with van der Waals surface area (Å²) in [5.74, 6) is -1.25. The van der Waals surface area contributed by atoms with Gasteiger partial charge in [0, 0.05) is 23.8 Å². The van der Waals surface area contributed by atoms with Crippen LogP contribution in [0.5, 0.6) is 5.75 Å². The molecule has 1 heterocycles. The molecule has 0 aromatic heterocycles. The molecule has 1 fully saturated rings. The number of rotatable bonds is 5. The summed E-state index contributed by atoms with van der Waals surface area (Å²) < 4.78 is 31.5. The third-order valence-corrected chi connectivity index (χ3v) is 6.73. The second-order valence-corrected chi connectivity index (χ2v) is 9.19. The van der Waals surface area contributed by atoms with Gasteiger partial charge in [0.1, 0.15) is 5.75 Å². The zero-order chi connectivity index (χ0) is 21.7. The van der Waals surface area contributed by atoms with Crippen molar-refractivity contribution < 1.29 is 22.7 Å². The molecule has 0 spiro atoms. The molecule has 0 saturated carbocycles. The summed E-state index contributed by atoms with van der Waals surface area (Å²) in [4.78, 5) is 24.4. The van der Waals surface area contributed by atoms with Crippen LogP contribution in [0.4, 0.5) is 11.4 Å². The van der Waals surface area contributed by atoms with Gasteiger partial charge in [0.15, 0.2) is 0 Å².